The van der Waals surface area contributed by atoms with Crippen LogP contribution in [0.2, 0.25) is 0 Å². The summed E-state index contributed by atoms with van der Waals surface area (Å²) in [6.07, 6.45) is 0. The molecule has 8 heteroatoms. The molecule has 1 aliphatic heterocycles. The van der Waals surface area contributed by atoms with Gasteiger partial charge in [0.25, 0.3) is 0 Å². The molecule has 5 nitrogen and oxygen atoms in total. The van der Waals surface area contributed by atoms with E-state index in [2.05, 4.69) is 0 Å². The second kappa shape index (κ2) is 7.33. The minimum absolute atomic E-state index is 0.0101. The van der Waals surface area contributed by atoms with E-state index in [1.165, 1.54) is 13.0 Å². The molecule has 2 aromatic rings. The molecular formula is C19H22FNO4S2. The number of aryl methyl sites for hydroxylation is 1. The molecular weight excluding hydrogens is 389 g/mol. The Balaban J connectivity index is 1.96. The number of nitrogens with zero attached hydrogens (tertiary/aromatic N) is 1. The lowest BCUT2D eigenvalue weighted by molar-refractivity contribution is 0.255. The molecule has 0 N–H and O–H groups in total. The predicted molar refractivity (Wildman–Crippen MR) is 102 cm³/mol. The van der Waals surface area contributed by atoms with Crippen molar-refractivity contribution in [2.45, 2.75) is 29.7 Å². The van der Waals surface area contributed by atoms with Gasteiger partial charge in [0.05, 0.1) is 21.7 Å². The van der Waals surface area contributed by atoms with E-state index in [9.17, 15) is 21.2 Å². The largest absolute Gasteiger partial charge is 0.297 e. The summed E-state index contributed by atoms with van der Waals surface area (Å²) in [5.41, 5.74) is 1.25. The monoisotopic (exact) mass is 411 g/mol. The average molecular weight is 412 g/mol. The van der Waals surface area contributed by atoms with Gasteiger partial charge in [-0.1, -0.05) is 30.3 Å². The zero-order chi connectivity index (χ0) is 19.8. The fourth-order valence-electron chi connectivity index (χ4n) is 3.59. The van der Waals surface area contributed by atoms with Gasteiger partial charge in [-0.3, -0.25) is 4.90 Å². The maximum Gasteiger partial charge on any atom is 0.184 e. The van der Waals surface area contributed by atoms with Crippen LogP contribution in [-0.4, -0.2) is 51.6 Å². The second-order valence-electron chi connectivity index (χ2n) is 7.04. The number of halogens is 1. The topological polar surface area (TPSA) is 71.5 Å². The molecule has 2 aromatic carbocycles. The molecule has 146 valence electrons. The van der Waals surface area contributed by atoms with Gasteiger partial charge in [0.1, 0.15) is 5.82 Å². The Bertz CT molecular complexity index is 1040. The van der Waals surface area contributed by atoms with E-state index in [0.717, 1.165) is 17.7 Å². The molecule has 1 heterocycles. The molecule has 27 heavy (non-hydrogen) atoms. The van der Waals surface area contributed by atoms with Crippen molar-refractivity contribution in [3.8, 4) is 0 Å². The predicted octanol–water partition coefficient (Wildman–Crippen LogP) is 2.21. The second-order valence-corrected chi connectivity index (χ2v) is 11.3. The highest BCUT2D eigenvalue weighted by Crippen LogP contribution is 2.31. The fourth-order valence-corrected chi connectivity index (χ4v) is 8.72. The third-order valence-electron chi connectivity index (χ3n) is 4.96. The van der Waals surface area contributed by atoms with Crippen LogP contribution in [-0.2, 0) is 26.2 Å². The first kappa shape index (κ1) is 20.0. The molecule has 0 amide bonds. The number of benzene rings is 2. The van der Waals surface area contributed by atoms with Gasteiger partial charge >= 0.3 is 0 Å². The van der Waals surface area contributed by atoms with Crippen LogP contribution in [0.15, 0.2) is 53.4 Å². The number of rotatable bonds is 5. The van der Waals surface area contributed by atoms with E-state index in [1.54, 1.807) is 11.9 Å². The maximum atomic E-state index is 13.4. The van der Waals surface area contributed by atoms with Crippen molar-refractivity contribution in [2.24, 2.45) is 0 Å². The molecule has 0 saturated carbocycles. The van der Waals surface area contributed by atoms with E-state index >= 15 is 0 Å². The van der Waals surface area contributed by atoms with Crippen LogP contribution in [0.25, 0.3) is 0 Å². The minimum atomic E-state index is -3.93. The molecule has 1 saturated heterocycles. The van der Waals surface area contributed by atoms with E-state index in [4.69, 9.17) is 0 Å². The Labute approximate surface area is 159 Å². The lowest BCUT2D eigenvalue weighted by Crippen LogP contribution is -2.44. The van der Waals surface area contributed by atoms with Gasteiger partial charge < -0.3 is 0 Å². The Morgan fingerprint density at radius 2 is 1.78 bits per heavy atom. The molecule has 2 atom stereocenters. The normalized spacial score (nSPS) is 22.2. The average Bonchev–Trinajstić information content (AvgIpc) is 2.92. The molecule has 0 aromatic heterocycles. The molecule has 1 fully saturated rings. The van der Waals surface area contributed by atoms with Crippen molar-refractivity contribution in [2.75, 3.05) is 18.6 Å². The van der Waals surface area contributed by atoms with Gasteiger partial charge in [0.2, 0.25) is 0 Å². The molecule has 0 radical (unpaired) electrons. The smallest absolute Gasteiger partial charge is 0.184 e. The van der Waals surface area contributed by atoms with Crippen molar-refractivity contribution in [1.29, 1.82) is 0 Å². The summed E-state index contributed by atoms with van der Waals surface area (Å²) >= 11 is 0. The van der Waals surface area contributed by atoms with E-state index in [-0.39, 0.29) is 16.2 Å². The van der Waals surface area contributed by atoms with Gasteiger partial charge in [-0.25, -0.2) is 21.2 Å². The molecule has 1 aliphatic rings. The number of hydrogen-bond acceptors (Lipinski definition) is 5. The summed E-state index contributed by atoms with van der Waals surface area (Å²) in [5.74, 6) is -1.15. The molecule has 0 bridgehead atoms. The van der Waals surface area contributed by atoms with E-state index in [0.29, 0.717) is 6.54 Å². The van der Waals surface area contributed by atoms with E-state index < -0.39 is 42.5 Å². The third-order valence-corrected chi connectivity index (χ3v) is 9.23. The number of sulfone groups is 2. The van der Waals surface area contributed by atoms with Gasteiger partial charge in [0, 0.05) is 12.6 Å². The van der Waals surface area contributed by atoms with Crippen LogP contribution in [0.1, 0.15) is 11.1 Å². The van der Waals surface area contributed by atoms with Crippen molar-refractivity contribution in [3.63, 3.8) is 0 Å². The van der Waals surface area contributed by atoms with Crippen LogP contribution < -0.4 is 0 Å². The molecule has 3 rings (SSSR count). The lowest BCUT2D eigenvalue weighted by atomic mass is 10.1. The highest BCUT2D eigenvalue weighted by atomic mass is 32.2. The van der Waals surface area contributed by atoms with Gasteiger partial charge in [-0.05, 0) is 43.3 Å². The van der Waals surface area contributed by atoms with Gasteiger partial charge in [-0.15, -0.1) is 0 Å². The quantitative estimate of drug-likeness (QED) is 0.706. The van der Waals surface area contributed by atoms with Crippen LogP contribution in [0, 0.1) is 12.7 Å². The van der Waals surface area contributed by atoms with Crippen LogP contribution in [0.3, 0.4) is 0 Å². The Hall–Kier alpha value is -1.77. The summed E-state index contributed by atoms with van der Waals surface area (Å²) in [4.78, 5) is 1.77. The van der Waals surface area contributed by atoms with Crippen LogP contribution >= 0.6 is 0 Å². The summed E-state index contributed by atoms with van der Waals surface area (Å²) in [5, 5.41) is -1.08. The maximum absolute atomic E-state index is 13.4. The Morgan fingerprint density at radius 3 is 2.41 bits per heavy atom. The Morgan fingerprint density at radius 1 is 1.11 bits per heavy atom. The Kier molecular flexibility index (Phi) is 5.42. The van der Waals surface area contributed by atoms with Crippen molar-refractivity contribution < 1.29 is 21.2 Å². The zero-order valence-corrected chi connectivity index (χ0v) is 16.8. The summed E-state index contributed by atoms with van der Waals surface area (Å²) in [6.45, 7) is 1.96. The summed E-state index contributed by atoms with van der Waals surface area (Å²) in [7, 11) is -5.69. The fraction of sp³-hybridized carbons (Fsp3) is 0.368. The van der Waals surface area contributed by atoms with E-state index in [1.807, 2.05) is 30.3 Å². The standard InChI is InChI=1S/C19H22FNO4S2/c1-14-10-16(20)8-9-18(14)27(24,25)19-13-26(22,23)12-17(19)21(2)11-15-6-4-3-5-7-15/h3-10,17,19H,11-13H2,1-2H3/t17-,19-/m0/s1. The minimum Gasteiger partial charge on any atom is -0.297 e. The molecule has 0 spiro atoms. The zero-order valence-electron chi connectivity index (χ0n) is 15.2. The summed E-state index contributed by atoms with van der Waals surface area (Å²) < 4.78 is 64.3. The highest BCUT2D eigenvalue weighted by Gasteiger charge is 2.47. The first-order valence-corrected chi connectivity index (χ1v) is 11.9. The first-order valence-electron chi connectivity index (χ1n) is 8.55. The molecule has 0 unspecified atom stereocenters. The van der Waals surface area contributed by atoms with Gasteiger partial charge in [-0.2, -0.15) is 0 Å². The number of hydrogen-bond donors (Lipinski definition) is 0. The SMILES string of the molecule is Cc1cc(F)ccc1S(=O)(=O)[C@H]1CS(=O)(=O)C[C@@H]1N(C)Cc1ccccc1. The van der Waals surface area contributed by atoms with Crippen LogP contribution in [0.5, 0.6) is 0 Å². The molecule has 0 aliphatic carbocycles. The van der Waals surface area contributed by atoms with Crippen molar-refractivity contribution in [1.82, 2.24) is 4.90 Å². The lowest BCUT2D eigenvalue weighted by Gasteiger charge is -2.28. The third kappa shape index (κ3) is 4.23. The highest BCUT2D eigenvalue weighted by molar-refractivity contribution is 7.96. The summed E-state index contributed by atoms with van der Waals surface area (Å²) in [6, 6.07) is 12.3. The van der Waals surface area contributed by atoms with Crippen molar-refractivity contribution in [3.05, 3.63) is 65.5 Å². The van der Waals surface area contributed by atoms with Crippen LogP contribution in [0.4, 0.5) is 4.39 Å². The van der Waals surface area contributed by atoms with Crippen molar-refractivity contribution >= 4 is 19.7 Å². The first-order chi connectivity index (χ1) is 12.6. The van der Waals surface area contributed by atoms with Gasteiger partial charge in [0.15, 0.2) is 19.7 Å².